The van der Waals surface area contributed by atoms with Gasteiger partial charge >= 0.3 is 0 Å². The van der Waals surface area contributed by atoms with Gasteiger partial charge in [0, 0.05) is 12.3 Å². The lowest BCUT2D eigenvalue weighted by molar-refractivity contribution is -0.115. The number of amides is 1. The Bertz CT molecular complexity index is 1210. The van der Waals surface area contributed by atoms with Crippen LogP contribution in [-0.2, 0) is 27.6 Å². The Hall–Kier alpha value is -2.10. The predicted octanol–water partition coefficient (Wildman–Crippen LogP) is 3.54. The molecule has 0 bridgehead atoms. The molecule has 9 heteroatoms. The second-order valence-corrected chi connectivity index (χ2v) is 10.6. The van der Waals surface area contributed by atoms with E-state index >= 15 is 0 Å². The predicted molar refractivity (Wildman–Crippen MR) is 123 cm³/mol. The Balaban J connectivity index is 1.94. The molecule has 30 heavy (non-hydrogen) atoms. The summed E-state index contributed by atoms with van der Waals surface area (Å²) in [5.41, 5.74) is 2.22. The average Bonchev–Trinajstić information content (AvgIpc) is 3.07. The Labute approximate surface area is 184 Å². The first kappa shape index (κ1) is 22.6. The van der Waals surface area contributed by atoms with E-state index in [4.69, 9.17) is 4.74 Å². The summed E-state index contributed by atoms with van der Waals surface area (Å²) in [5.74, 6) is 0.0749. The standard InChI is InChI=1S/C21H24N2O4S3/c1-4-15-5-10-18-19(13-15)29-21(23(18)11-12-28-3)22-20(24)14-30(25,26)17-8-6-16(27-2)7-9-17/h5-10,13H,4,11-12,14H2,1-3H3. The normalized spacial score (nSPS) is 12.4. The van der Waals surface area contributed by atoms with Crippen LogP contribution in [0.3, 0.4) is 0 Å². The molecule has 6 nitrogen and oxygen atoms in total. The van der Waals surface area contributed by atoms with Crippen molar-refractivity contribution in [2.24, 2.45) is 4.99 Å². The lowest BCUT2D eigenvalue weighted by atomic mass is 10.2. The minimum Gasteiger partial charge on any atom is -0.497 e. The summed E-state index contributed by atoms with van der Waals surface area (Å²) in [6.45, 7) is 2.79. The van der Waals surface area contributed by atoms with Crippen LogP contribution in [0.4, 0.5) is 0 Å². The van der Waals surface area contributed by atoms with Gasteiger partial charge < -0.3 is 9.30 Å². The van der Waals surface area contributed by atoms with Gasteiger partial charge in [-0.25, -0.2) is 8.42 Å². The Morgan fingerprint density at radius 1 is 1.20 bits per heavy atom. The number of carbonyl (C=O) groups excluding carboxylic acids is 1. The van der Waals surface area contributed by atoms with Crippen LogP contribution < -0.4 is 9.54 Å². The number of rotatable bonds is 8. The van der Waals surface area contributed by atoms with Gasteiger partial charge in [0.25, 0.3) is 5.91 Å². The first-order valence-electron chi connectivity index (χ1n) is 9.43. The molecule has 160 valence electrons. The van der Waals surface area contributed by atoms with Crippen molar-refractivity contribution in [2.45, 2.75) is 24.8 Å². The number of methoxy groups -OCH3 is 1. The first-order chi connectivity index (χ1) is 14.4. The maximum atomic E-state index is 12.6. The fourth-order valence-electron chi connectivity index (χ4n) is 2.99. The summed E-state index contributed by atoms with van der Waals surface area (Å²) < 4.78 is 33.3. The zero-order chi connectivity index (χ0) is 21.7. The highest BCUT2D eigenvalue weighted by Gasteiger charge is 2.20. The third-order valence-electron chi connectivity index (χ3n) is 4.63. The fourth-order valence-corrected chi connectivity index (χ4v) is 5.60. The number of thioether (sulfide) groups is 1. The summed E-state index contributed by atoms with van der Waals surface area (Å²) in [7, 11) is -2.28. The van der Waals surface area contributed by atoms with E-state index in [9.17, 15) is 13.2 Å². The second kappa shape index (κ2) is 9.80. The number of nitrogens with zero attached hydrogens (tertiary/aromatic N) is 2. The highest BCUT2D eigenvalue weighted by atomic mass is 32.2. The van der Waals surface area contributed by atoms with Crippen LogP contribution in [0.1, 0.15) is 12.5 Å². The molecule has 0 fully saturated rings. The number of aryl methyl sites for hydroxylation is 2. The molecule has 2 aromatic carbocycles. The van der Waals surface area contributed by atoms with E-state index in [2.05, 4.69) is 24.0 Å². The van der Waals surface area contributed by atoms with Crippen molar-refractivity contribution in [3.05, 3.63) is 52.8 Å². The zero-order valence-corrected chi connectivity index (χ0v) is 19.6. The van der Waals surface area contributed by atoms with Crippen molar-refractivity contribution in [1.82, 2.24) is 4.57 Å². The molecule has 0 radical (unpaired) electrons. The highest BCUT2D eigenvalue weighted by Crippen LogP contribution is 2.20. The van der Waals surface area contributed by atoms with E-state index in [1.165, 1.54) is 36.1 Å². The average molecular weight is 465 g/mol. The van der Waals surface area contributed by atoms with Gasteiger partial charge in [0.1, 0.15) is 11.5 Å². The highest BCUT2D eigenvalue weighted by molar-refractivity contribution is 7.98. The molecule has 1 heterocycles. The molecule has 0 spiro atoms. The van der Waals surface area contributed by atoms with Crippen LogP contribution in [0.2, 0.25) is 0 Å². The molecule has 0 saturated carbocycles. The van der Waals surface area contributed by atoms with Gasteiger partial charge in [-0.05, 0) is 54.6 Å². The second-order valence-electron chi connectivity index (χ2n) is 6.62. The van der Waals surface area contributed by atoms with Gasteiger partial charge in [-0.2, -0.15) is 16.8 Å². The van der Waals surface area contributed by atoms with E-state index in [-0.39, 0.29) is 4.90 Å². The largest absolute Gasteiger partial charge is 0.497 e. The molecule has 0 unspecified atom stereocenters. The molecule has 3 rings (SSSR count). The van der Waals surface area contributed by atoms with Crippen LogP contribution >= 0.6 is 23.1 Å². The van der Waals surface area contributed by atoms with Crippen molar-refractivity contribution in [2.75, 3.05) is 24.9 Å². The molecule has 1 amide bonds. The Kier molecular flexibility index (Phi) is 7.38. The third-order valence-corrected chi connectivity index (χ3v) is 7.88. The summed E-state index contributed by atoms with van der Waals surface area (Å²) >= 11 is 3.12. The van der Waals surface area contributed by atoms with E-state index in [0.717, 1.165) is 22.4 Å². The van der Waals surface area contributed by atoms with Crippen molar-refractivity contribution in [3.8, 4) is 5.75 Å². The summed E-state index contributed by atoms with van der Waals surface area (Å²) in [6, 6.07) is 12.2. The topological polar surface area (TPSA) is 77.7 Å². The number of fused-ring (bicyclic) bond motifs is 1. The Morgan fingerprint density at radius 2 is 1.93 bits per heavy atom. The number of aromatic nitrogens is 1. The molecule has 0 aliphatic rings. The number of benzene rings is 2. The molecular weight excluding hydrogens is 440 g/mol. The molecule has 0 aliphatic heterocycles. The van der Waals surface area contributed by atoms with Crippen LogP contribution in [0.5, 0.6) is 5.75 Å². The van der Waals surface area contributed by atoms with Gasteiger partial charge in [0.05, 0.1) is 22.2 Å². The molecule has 1 aromatic heterocycles. The molecule has 0 N–H and O–H groups in total. The smallest absolute Gasteiger partial charge is 0.263 e. The zero-order valence-electron chi connectivity index (χ0n) is 17.1. The van der Waals surface area contributed by atoms with Crippen LogP contribution in [0.25, 0.3) is 10.2 Å². The van der Waals surface area contributed by atoms with Gasteiger partial charge in [-0.1, -0.05) is 24.3 Å². The minimum atomic E-state index is -3.78. The number of ether oxygens (including phenoxy) is 1. The van der Waals surface area contributed by atoms with Gasteiger partial charge in [0.15, 0.2) is 14.6 Å². The molecular formula is C21H24N2O4S3. The maximum Gasteiger partial charge on any atom is 0.263 e. The molecule has 0 atom stereocenters. The van der Waals surface area contributed by atoms with Gasteiger partial charge in [-0.3, -0.25) is 4.79 Å². The number of hydrogen-bond acceptors (Lipinski definition) is 6. The minimum absolute atomic E-state index is 0.0750. The van der Waals surface area contributed by atoms with Crippen molar-refractivity contribution in [3.63, 3.8) is 0 Å². The monoisotopic (exact) mass is 464 g/mol. The summed E-state index contributed by atoms with van der Waals surface area (Å²) in [6.07, 6.45) is 2.94. The van der Waals surface area contributed by atoms with Crippen molar-refractivity contribution in [1.29, 1.82) is 0 Å². The van der Waals surface area contributed by atoms with E-state index in [0.29, 0.717) is 17.1 Å². The number of sulfone groups is 1. The van der Waals surface area contributed by atoms with E-state index in [1.807, 2.05) is 16.9 Å². The van der Waals surface area contributed by atoms with Gasteiger partial charge in [0.2, 0.25) is 0 Å². The number of thiazole rings is 1. The van der Waals surface area contributed by atoms with Crippen molar-refractivity contribution >= 4 is 49.1 Å². The SMILES string of the molecule is CCc1ccc2c(c1)sc(=NC(=O)CS(=O)(=O)c1ccc(OC)cc1)n2CCSC. The van der Waals surface area contributed by atoms with Crippen LogP contribution in [0.15, 0.2) is 52.4 Å². The van der Waals surface area contributed by atoms with Crippen LogP contribution in [0, 0.1) is 0 Å². The van der Waals surface area contributed by atoms with Crippen molar-refractivity contribution < 1.29 is 17.9 Å². The summed E-state index contributed by atoms with van der Waals surface area (Å²) in [4.78, 5) is 17.4. The van der Waals surface area contributed by atoms with E-state index in [1.54, 1.807) is 23.9 Å². The number of hydrogen-bond donors (Lipinski definition) is 0. The lowest BCUT2D eigenvalue weighted by Crippen LogP contribution is -2.21. The summed E-state index contributed by atoms with van der Waals surface area (Å²) in [5, 5.41) is 0. The first-order valence-corrected chi connectivity index (χ1v) is 13.3. The van der Waals surface area contributed by atoms with E-state index < -0.39 is 21.5 Å². The quantitative estimate of drug-likeness (QED) is 0.510. The molecule has 0 saturated heterocycles. The lowest BCUT2D eigenvalue weighted by Gasteiger charge is -2.05. The number of carbonyl (C=O) groups is 1. The maximum absolute atomic E-state index is 12.6. The van der Waals surface area contributed by atoms with Gasteiger partial charge in [-0.15, -0.1) is 0 Å². The Morgan fingerprint density at radius 3 is 2.57 bits per heavy atom. The molecule has 3 aromatic rings. The molecule has 0 aliphatic carbocycles. The van der Waals surface area contributed by atoms with Crippen LogP contribution in [-0.4, -0.2) is 43.8 Å². The fraction of sp³-hybridized carbons (Fsp3) is 0.333. The third kappa shape index (κ3) is 5.14.